The van der Waals surface area contributed by atoms with Crippen molar-refractivity contribution in [2.75, 3.05) is 10.8 Å². The number of fused-ring (bicyclic) bond motifs is 3. The summed E-state index contributed by atoms with van der Waals surface area (Å²) >= 11 is 0. The molecule has 1 aliphatic carbocycles. The van der Waals surface area contributed by atoms with Crippen molar-refractivity contribution in [3.8, 4) is 0 Å². The van der Waals surface area contributed by atoms with Gasteiger partial charge in [0.15, 0.2) is 0 Å². The maximum atomic E-state index is 14.0. The first-order valence-corrected chi connectivity index (χ1v) is 12.8. The van der Waals surface area contributed by atoms with Gasteiger partial charge in [0, 0.05) is 13.5 Å². The van der Waals surface area contributed by atoms with Gasteiger partial charge in [-0.05, 0) is 50.5 Å². The molecule has 2 aliphatic rings. The average molecular weight is 467 g/mol. The van der Waals surface area contributed by atoms with Gasteiger partial charge in [0.25, 0.3) is 10.0 Å². The number of Topliss-reactive ketones (excluding diaryl/α,β-unsaturated/α-hetero) is 1. The topological polar surface area (TPSA) is 74.8 Å². The molecule has 6 nitrogen and oxygen atoms in total. The monoisotopic (exact) mass is 466 g/mol. The molecule has 0 saturated carbocycles. The molecule has 0 radical (unpaired) electrons. The number of amides is 1. The van der Waals surface area contributed by atoms with Crippen LogP contribution < -0.4 is 4.31 Å². The van der Waals surface area contributed by atoms with Gasteiger partial charge >= 0.3 is 0 Å². The minimum Gasteiger partial charge on any atom is -0.335 e. The van der Waals surface area contributed by atoms with Crippen LogP contribution in [0.2, 0.25) is 0 Å². The number of sulfonamides is 1. The molecule has 174 valence electrons. The Balaban J connectivity index is 1.98. The van der Waals surface area contributed by atoms with E-state index in [9.17, 15) is 18.0 Å². The highest BCUT2D eigenvalue weighted by atomic mass is 32.2. The average Bonchev–Trinajstić information content (AvgIpc) is 3.10. The number of ketones is 1. The molecule has 1 amide bonds. The van der Waals surface area contributed by atoms with Crippen LogP contribution in [0.4, 0.5) is 5.69 Å². The van der Waals surface area contributed by atoms with Crippen LogP contribution in [-0.2, 0) is 25.0 Å². The van der Waals surface area contributed by atoms with E-state index in [0.29, 0.717) is 24.2 Å². The Kier molecular flexibility index (Phi) is 5.95. The fourth-order valence-electron chi connectivity index (χ4n) is 5.51. The van der Waals surface area contributed by atoms with Gasteiger partial charge in [-0.15, -0.1) is 0 Å². The maximum Gasteiger partial charge on any atom is 0.264 e. The molecule has 0 bridgehead atoms. The number of anilines is 1. The highest BCUT2D eigenvalue weighted by Gasteiger charge is 2.62. The van der Waals surface area contributed by atoms with E-state index in [1.165, 1.54) is 18.2 Å². The molecule has 0 saturated heterocycles. The zero-order valence-electron chi connectivity index (χ0n) is 19.5. The molecular weight excluding hydrogens is 436 g/mol. The summed E-state index contributed by atoms with van der Waals surface area (Å²) in [6.45, 7) is 7.39. The first-order valence-electron chi connectivity index (χ1n) is 11.3. The Morgan fingerprint density at radius 1 is 1.09 bits per heavy atom. The third-order valence-corrected chi connectivity index (χ3v) is 8.74. The van der Waals surface area contributed by atoms with Crippen molar-refractivity contribution >= 4 is 27.4 Å². The summed E-state index contributed by atoms with van der Waals surface area (Å²) in [5.74, 6) is -0.275. The van der Waals surface area contributed by atoms with E-state index >= 15 is 0 Å². The number of carbonyl (C=O) groups excluding carboxylic acids is 2. The van der Waals surface area contributed by atoms with E-state index in [0.717, 1.165) is 12.0 Å². The summed E-state index contributed by atoms with van der Waals surface area (Å²) in [7, 11) is -3.95. The molecule has 1 aliphatic heterocycles. The normalized spacial score (nSPS) is 23.7. The van der Waals surface area contributed by atoms with Gasteiger partial charge in [0.05, 0.1) is 22.7 Å². The molecule has 2 aromatic carbocycles. The van der Waals surface area contributed by atoms with E-state index in [1.54, 1.807) is 41.3 Å². The molecule has 1 heterocycles. The number of nitrogens with zero attached hydrogens (tertiary/aromatic N) is 2. The quantitative estimate of drug-likeness (QED) is 0.604. The molecule has 0 spiro atoms. The van der Waals surface area contributed by atoms with Crippen LogP contribution in [0, 0.1) is 6.92 Å². The smallest absolute Gasteiger partial charge is 0.264 e. The van der Waals surface area contributed by atoms with Crippen molar-refractivity contribution in [1.29, 1.82) is 0 Å². The summed E-state index contributed by atoms with van der Waals surface area (Å²) in [5, 5.41) is 0. The third-order valence-electron chi connectivity index (χ3n) is 6.91. The Morgan fingerprint density at radius 3 is 2.36 bits per heavy atom. The Hall–Kier alpha value is -2.93. The highest BCUT2D eigenvalue weighted by Crippen LogP contribution is 2.54. The fraction of sp³-hybridized carbons (Fsp3) is 0.385. The van der Waals surface area contributed by atoms with Gasteiger partial charge < -0.3 is 4.90 Å². The van der Waals surface area contributed by atoms with Crippen molar-refractivity contribution in [3.63, 3.8) is 0 Å². The molecule has 0 unspecified atom stereocenters. The summed E-state index contributed by atoms with van der Waals surface area (Å²) in [5.41, 5.74) is 0.956. The van der Waals surface area contributed by atoms with Crippen LogP contribution >= 0.6 is 0 Å². The van der Waals surface area contributed by atoms with Crippen LogP contribution in [0.1, 0.15) is 44.7 Å². The Morgan fingerprint density at radius 2 is 1.76 bits per heavy atom. The third kappa shape index (κ3) is 3.41. The second kappa shape index (κ2) is 8.45. The van der Waals surface area contributed by atoms with Gasteiger partial charge in [-0.1, -0.05) is 55.0 Å². The predicted octanol–water partition coefficient (Wildman–Crippen LogP) is 3.99. The van der Waals surface area contributed by atoms with E-state index in [4.69, 9.17) is 0 Å². The minimum atomic E-state index is -3.95. The van der Waals surface area contributed by atoms with E-state index < -0.39 is 27.5 Å². The second-order valence-electron chi connectivity index (χ2n) is 8.89. The molecule has 0 aromatic heterocycles. The molecule has 3 atom stereocenters. The van der Waals surface area contributed by atoms with Gasteiger partial charge in [0.2, 0.25) is 5.91 Å². The number of hydrogen-bond donors (Lipinski definition) is 0. The van der Waals surface area contributed by atoms with Crippen molar-refractivity contribution in [2.45, 2.75) is 62.9 Å². The Labute approximate surface area is 195 Å². The lowest BCUT2D eigenvalue weighted by Crippen LogP contribution is -2.63. The van der Waals surface area contributed by atoms with Crippen molar-refractivity contribution < 1.29 is 18.0 Å². The molecule has 2 aromatic rings. The number of rotatable bonds is 6. The molecule has 33 heavy (non-hydrogen) atoms. The lowest BCUT2D eigenvalue weighted by molar-refractivity contribution is -0.135. The summed E-state index contributed by atoms with van der Waals surface area (Å²) < 4.78 is 29.4. The van der Waals surface area contributed by atoms with Crippen LogP contribution in [0.5, 0.6) is 0 Å². The number of para-hydroxylation sites is 1. The molecule has 0 N–H and O–H groups in total. The van der Waals surface area contributed by atoms with Gasteiger partial charge in [-0.2, -0.15) is 0 Å². The highest BCUT2D eigenvalue weighted by molar-refractivity contribution is 7.93. The van der Waals surface area contributed by atoms with E-state index in [-0.39, 0.29) is 16.6 Å². The van der Waals surface area contributed by atoms with Crippen LogP contribution in [-0.4, -0.2) is 43.6 Å². The van der Waals surface area contributed by atoms with E-state index in [1.807, 2.05) is 38.1 Å². The zero-order valence-corrected chi connectivity index (χ0v) is 20.3. The zero-order chi connectivity index (χ0) is 24.0. The van der Waals surface area contributed by atoms with Crippen molar-refractivity contribution in [2.24, 2.45) is 0 Å². The van der Waals surface area contributed by atoms with Crippen LogP contribution in [0.15, 0.2) is 65.6 Å². The number of benzene rings is 2. The lowest BCUT2D eigenvalue weighted by atomic mass is 9.64. The minimum absolute atomic E-state index is 0.134. The van der Waals surface area contributed by atoms with Crippen molar-refractivity contribution in [3.05, 3.63) is 71.8 Å². The Bertz CT molecular complexity index is 1220. The van der Waals surface area contributed by atoms with Gasteiger partial charge in [-0.25, -0.2) is 8.42 Å². The largest absolute Gasteiger partial charge is 0.335 e. The molecule has 0 fully saturated rings. The lowest BCUT2D eigenvalue weighted by Gasteiger charge is -2.47. The molecule has 7 heteroatoms. The molecular formula is C26H30N2O4S. The van der Waals surface area contributed by atoms with Crippen LogP contribution in [0.25, 0.3) is 0 Å². The van der Waals surface area contributed by atoms with Crippen LogP contribution in [0.3, 0.4) is 0 Å². The van der Waals surface area contributed by atoms with Crippen molar-refractivity contribution in [1.82, 2.24) is 4.90 Å². The fourth-order valence-corrected chi connectivity index (χ4v) is 7.22. The van der Waals surface area contributed by atoms with E-state index in [2.05, 4.69) is 0 Å². The predicted molar refractivity (Wildman–Crippen MR) is 129 cm³/mol. The number of hydrogen-bond acceptors (Lipinski definition) is 4. The van der Waals surface area contributed by atoms with Gasteiger partial charge in [0.1, 0.15) is 11.2 Å². The van der Waals surface area contributed by atoms with Gasteiger partial charge in [-0.3, -0.25) is 13.9 Å². The first kappa shape index (κ1) is 23.2. The number of aryl methyl sites for hydroxylation is 1. The standard InChI is InChI=1S/C26H30N2O4S/c1-5-17-27(20(4)30)24-11-8-12-25-26(24,19(3)29)22-9-6-7-10-23(22)28(25)33(31,32)21-15-13-18(2)14-16-21/h6-11,13-16,24-25H,5,12,17H2,1-4H3/t24-,25-,26+/m0/s1. The molecule has 4 rings (SSSR count). The summed E-state index contributed by atoms with van der Waals surface area (Å²) in [6, 6.07) is 12.8. The first-order chi connectivity index (χ1) is 15.7. The summed E-state index contributed by atoms with van der Waals surface area (Å²) in [6.07, 6.45) is 4.93. The SMILES string of the molecule is CCCN(C(C)=O)[C@H]1C=CC[C@@H]2N(S(=O)(=O)c3ccc(C)cc3)c3ccccc3[C@]12C(C)=O. The number of carbonyl (C=O) groups is 2. The second-order valence-corrected chi connectivity index (χ2v) is 10.7. The maximum absolute atomic E-state index is 14.0. The summed E-state index contributed by atoms with van der Waals surface area (Å²) in [4.78, 5) is 28.1.